The summed E-state index contributed by atoms with van der Waals surface area (Å²) >= 11 is 11.9. The first kappa shape index (κ1) is 18.3. The van der Waals surface area contributed by atoms with E-state index in [0.29, 0.717) is 34.5 Å². The minimum Gasteiger partial charge on any atom is -0.494 e. The summed E-state index contributed by atoms with van der Waals surface area (Å²) in [4.78, 5) is 4.27. The minimum atomic E-state index is -0.511. The Bertz CT molecular complexity index is 721. The van der Waals surface area contributed by atoms with Gasteiger partial charge in [0, 0.05) is 22.7 Å². The van der Waals surface area contributed by atoms with Crippen molar-refractivity contribution in [2.24, 2.45) is 4.99 Å². The van der Waals surface area contributed by atoms with E-state index in [9.17, 15) is 9.65 Å². The highest BCUT2D eigenvalue weighted by Crippen LogP contribution is 2.25. The van der Waals surface area contributed by atoms with Crippen molar-refractivity contribution >= 4 is 35.1 Å². The predicted molar refractivity (Wildman–Crippen MR) is 95.5 cm³/mol. The maximum Gasteiger partial charge on any atom is 0.119 e. The first-order valence-electron chi connectivity index (χ1n) is 7.31. The zero-order valence-corrected chi connectivity index (χ0v) is 14.3. The van der Waals surface area contributed by atoms with Gasteiger partial charge in [-0.25, -0.2) is 0 Å². The minimum absolute atomic E-state index is 0.328. The molecule has 0 saturated carbocycles. The Morgan fingerprint density at radius 1 is 1.17 bits per heavy atom. The molecule has 2 aromatic carbocycles. The van der Waals surface area contributed by atoms with Gasteiger partial charge < -0.3 is 4.74 Å². The summed E-state index contributed by atoms with van der Waals surface area (Å²) in [5.41, 5.74) is 1.37. The monoisotopic (exact) mass is 364 g/mol. The highest BCUT2D eigenvalue weighted by atomic mass is 35.5. The van der Waals surface area contributed by atoms with Gasteiger partial charge in [0.2, 0.25) is 0 Å². The van der Waals surface area contributed by atoms with Crippen molar-refractivity contribution in [2.75, 3.05) is 13.3 Å². The van der Waals surface area contributed by atoms with E-state index in [1.54, 1.807) is 48.7 Å². The second kappa shape index (κ2) is 9.27. The number of nitrogens with zero attached hydrogens (tertiary/aromatic N) is 2. The molecule has 2 rings (SSSR count). The van der Waals surface area contributed by atoms with E-state index < -0.39 is 12.6 Å². The van der Waals surface area contributed by atoms with Gasteiger partial charge in [0.25, 0.3) is 0 Å². The summed E-state index contributed by atoms with van der Waals surface area (Å²) in [6.07, 6.45) is 1.90. The third-order valence-electron chi connectivity index (χ3n) is 3.14. The zero-order valence-electron chi connectivity index (χ0n) is 12.8. The Hall–Kier alpha value is -2.09. The van der Waals surface area contributed by atoms with Crippen LogP contribution in [0.2, 0.25) is 10.0 Å². The smallest absolute Gasteiger partial charge is 0.119 e. The molecule has 0 aliphatic heterocycles. The lowest BCUT2D eigenvalue weighted by molar-refractivity contribution is 0.289. The van der Waals surface area contributed by atoms with Crippen molar-refractivity contribution in [1.29, 1.82) is 5.26 Å². The molecule has 6 heteroatoms. The van der Waals surface area contributed by atoms with E-state index in [-0.39, 0.29) is 0 Å². The van der Waals surface area contributed by atoms with E-state index in [1.165, 1.54) is 0 Å². The molecule has 0 heterocycles. The lowest BCUT2D eigenvalue weighted by Crippen LogP contribution is -2.00. The average molecular weight is 365 g/mol. The Kier molecular flexibility index (Phi) is 7.05. The van der Waals surface area contributed by atoms with Crippen LogP contribution < -0.4 is 4.74 Å². The molecule has 1 atom stereocenters. The Morgan fingerprint density at radius 3 is 2.42 bits per heavy atom. The van der Waals surface area contributed by atoms with Crippen LogP contribution in [-0.2, 0) is 0 Å². The number of hydrogen-bond acceptors (Lipinski definition) is 3. The van der Waals surface area contributed by atoms with Gasteiger partial charge in [0.1, 0.15) is 11.7 Å². The topological polar surface area (TPSA) is 45.4 Å². The molecule has 0 saturated heterocycles. The Labute approximate surface area is 150 Å². The zero-order chi connectivity index (χ0) is 17.4. The average Bonchev–Trinajstić information content (AvgIpc) is 2.56. The molecule has 0 radical (unpaired) electrons. The predicted octanol–water partition coefficient (Wildman–Crippen LogP) is 5.74. The van der Waals surface area contributed by atoms with Gasteiger partial charge in [-0.3, -0.25) is 9.38 Å². The molecular formula is C18H15Cl2FN2O. The van der Waals surface area contributed by atoms with E-state index in [1.807, 2.05) is 0 Å². The molecule has 24 heavy (non-hydrogen) atoms. The number of rotatable bonds is 7. The van der Waals surface area contributed by atoms with Crippen LogP contribution >= 0.6 is 23.2 Å². The molecular weight excluding hydrogens is 350 g/mol. The van der Waals surface area contributed by atoms with E-state index in [0.717, 1.165) is 5.56 Å². The Balaban J connectivity index is 2.08. The summed E-state index contributed by atoms with van der Waals surface area (Å²) in [5, 5.41) is 10.3. The second-order valence-electron chi connectivity index (χ2n) is 4.97. The van der Waals surface area contributed by atoms with Crippen LogP contribution in [0.5, 0.6) is 5.75 Å². The van der Waals surface area contributed by atoms with Crippen molar-refractivity contribution in [3.05, 3.63) is 58.1 Å². The summed E-state index contributed by atoms with van der Waals surface area (Å²) in [5.74, 6) is 0.130. The van der Waals surface area contributed by atoms with Crippen molar-refractivity contribution in [2.45, 2.75) is 12.3 Å². The van der Waals surface area contributed by atoms with E-state index in [2.05, 4.69) is 11.1 Å². The van der Waals surface area contributed by atoms with Gasteiger partial charge >= 0.3 is 0 Å². The van der Waals surface area contributed by atoms with Gasteiger partial charge in [-0.1, -0.05) is 35.3 Å². The molecule has 0 amide bonds. The largest absolute Gasteiger partial charge is 0.494 e. The number of alkyl halides is 1. The highest BCUT2D eigenvalue weighted by molar-refractivity contribution is 6.35. The van der Waals surface area contributed by atoms with E-state index in [4.69, 9.17) is 27.9 Å². The van der Waals surface area contributed by atoms with Crippen molar-refractivity contribution in [3.8, 4) is 11.8 Å². The third-order valence-corrected chi connectivity index (χ3v) is 3.58. The standard InChI is InChI=1S/C18H15Cl2FN2O/c19-15-8-16(20)10-17(9-15)23-12-14(11-22)13-2-4-18(5-3-13)24-7-1-6-21/h2-5,8-10,12,14H,1,6-7H2. The fraction of sp³-hybridized carbons (Fsp3) is 0.222. The van der Waals surface area contributed by atoms with Gasteiger partial charge in [-0.15, -0.1) is 0 Å². The number of halogens is 3. The second-order valence-corrected chi connectivity index (χ2v) is 5.85. The van der Waals surface area contributed by atoms with Crippen molar-refractivity contribution < 1.29 is 9.13 Å². The first-order valence-corrected chi connectivity index (χ1v) is 8.06. The summed E-state index contributed by atoms with van der Waals surface area (Å²) in [6.45, 7) is -0.0763. The van der Waals surface area contributed by atoms with Crippen LogP contribution in [0.4, 0.5) is 10.1 Å². The van der Waals surface area contributed by atoms with Crippen LogP contribution in [0.1, 0.15) is 17.9 Å². The molecule has 0 bridgehead atoms. The summed E-state index contributed by atoms with van der Waals surface area (Å²) in [7, 11) is 0. The molecule has 0 aromatic heterocycles. The number of ether oxygens (including phenoxy) is 1. The number of nitriles is 1. The highest BCUT2D eigenvalue weighted by Gasteiger charge is 2.08. The van der Waals surface area contributed by atoms with Crippen LogP contribution in [0.25, 0.3) is 0 Å². The third kappa shape index (κ3) is 5.52. The van der Waals surface area contributed by atoms with E-state index >= 15 is 0 Å². The first-order chi connectivity index (χ1) is 11.6. The lowest BCUT2D eigenvalue weighted by Gasteiger charge is -2.07. The van der Waals surface area contributed by atoms with Crippen LogP contribution in [0, 0.1) is 11.3 Å². The van der Waals surface area contributed by atoms with Gasteiger partial charge in [0.15, 0.2) is 0 Å². The van der Waals surface area contributed by atoms with Gasteiger partial charge in [-0.2, -0.15) is 5.26 Å². The van der Waals surface area contributed by atoms with Crippen molar-refractivity contribution in [1.82, 2.24) is 0 Å². The molecule has 124 valence electrons. The Morgan fingerprint density at radius 2 is 1.83 bits per heavy atom. The summed E-state index contributed by atoms with van der Waals surface area (Å²) < 4.78 is 17.4. The maximum absolute atomic E-state index is 12.0. The lowest BCUT2D eigenvalue weighted by atomic mass is 10.0. The van der Waals surface area contributed by atoms with Crippen LogP contribution in [0.3, 0.4) is 0 Å². The normalized spacial score (nSPS) is 12.1. The fourth-order valence-electron chi connectivity index (χ4n) is 1.98. The van der Waals surface area contributed by atoms with Gasteiger partial charge in [-0.05, 0) is 35.9 Å². The molecule has 0 aliphatic carbocycles. The molecule has 0 N–H and O–H groups in total. The molecule has 0 fully saturated rings. The molecule has 1 unspecified atom stereocenters. The molecule has 0 aliphatic rings. The quantitative estimate of drug-likeness (QED) is 0.464. The summed E-state index contributed by atoms with van der Waals surface area (Å²) in [6, 6.07) is 14.2. The fourth-order valence-corrected chi connectivity index (χ4v) is 2.50. The SMILES string of the molecule is N#CC(C=Nc1cc(Cl)cc(Cl)c1)c1ccc(OCCCF)cc1. The number of hydrogen-bond donors (Lipinski definition) is 0. The number of benzene rings is 2. The molecule has 3 nitrogen and oxygen atoms in total. The molecule has 2 aromatic rings. The molecule has 0 spiro atoms. The maximum atomic E-state index is 12.0. The number of aliphatic imine (C=N–C) groups is 1. The van der Waals surface area contributed by atoms with Crippen LogP contribution in [-0.4, -0.2) is 19.5 Å². The van der Waals surface area contributed by atoms with Crippen molar-refractivity contribution in [3.63, 3.8) is 0 Å². The van der Waals surface area contributed by atoms with Gasteiger partial charge in [0.05, 0.1) is 25.0 Å². The van der Waals surface area contributed by atoms with Crippen LogP contribution in [0.15, 0.2) is 47.5 Å².